The quantitative estimate of drug-likeness (QED) is 0.109. The minimum absolute atomic E-state index is 0.0168. The van der Waals surface area contributed by atoms with Crippen LogP contribution in [0.3, 0.4) is 0 Å². The number of nitrogens with zero attached hydrogens (tertiary/aromatic N) is 1. The van der Waals surface area contributed by atoms with Gasteiger partial charge < -0.3 is 14.2 Å². The number of likely N-dealkylation sites (N-methyl/N-ethyl adjacent to an activating group) is 1. The third kappa shape index (κ3) is 9.91. The van der Waals surface area contributed by atoms with Crippen LogP contribution in [0.5, 0.6) is 0 Å². The van der Waals surface area contributed by atoms with Gasteiger partial charge in [0.25, 0.3) is 0 Å². The lowest BCUT2D eigenvalue weighted by Gasteiger charge is -2.59. The number of allylic oxidation sites excluding steroid dienone is 2. The Balaban J connectivity index is 0.921. The smallest absolute Gasteiger partial charge is 0.345 e. The SMILES string of the molecule is CC(C)CCC[C@@H](C)[C@H]1CC[C@H]2[C@@H]3CC=C4C[C@@H](OP(=O)(CN(C)CC(=O)O)O[C@H]5CC[C@@]6(C)C(=CC[C@H]7[C@@H]8CC[C@H]([C@H](C)CCCC(C)C)[C@@]8(C)CC[C@@H]76)C5)CC[C@]4(C)[C@H]3CC[C@]12C. The van der Waals surface area contributed by atoms with Crippen molar-refractivity contribution in [3.05, 3.63) is 23.3 Å². The Labute approximate surface area is 399 Å². The Morgan fingerprint density at radius 1 is 0.646 bits per heavy atom. The second kappa shape index (κ2) is 19.7. The van der Waals surface area contributed by atoms with Gasteiger partial charge in [-0.05, 0) is 202 Å². The molecule has 6 fully saturated rings. The van der Waals surface area contributed by atoms with E-state index in [4.69, 9.17) is 9.05 Å². The Morgan fingerprint density at radius 2 is 1.08 bits per heavy atom. The van der Waals surface area contributed by atoms with Crippen molar-refractivity contribution in [2.75, 3.05) is 19.9 Å². The molecule has 0 unspecified atom stereocenters. The standard InChI is InChI=1S/C58H98NO5P/c1-38(2)14-12-16-40(5)48-22-24-50-46-20-18-42-34-44(26-30-55(42,7)52(46)28-32-57(48,50)9)63-65(62,37-59(11)36-54(60)61)64-45-27-31-56(8)43(35-45)19-21-47-51-25-23-49(41(6)17-13-15-39(3)4)58(51,10)33-29-53(47)56/h18-19,38-41,44-53H,12-17,20-37H2,1-11H3,(H,60,61)/t40-,41-,44+,45+,46+,47+,48-,49-,50+,51+,52+,53+,55+,56+,57-,58-/m1/s1. The van der Waals surface area contributed by atoms with Gasteiger partial charge in [-0.15, -0.1) is 0 Å². The van der Waals surface area contributed by atoms with E-state index in [1.807, 2.05) is 0 Å². The molecule has 1 N–H and O–H groups in total. The molecule has 0 aliphatic heterocycles. The van der Waals surface area contributed by atoms with Gasteiger partial charge >= 0.3 is 13.6 Å². The van der Waals surface area contributed by atoms with E-state index in [2.05, 4.69) is 81.4 Å². The largest absolute Gasteiger partial charge is 0.480 e. The zero-order valence-corrected chi connectivity index (χ0v) is 44.6. The van der Waals surface area contributed by atoms with E-state index in [1.54, 1.807) is 11.9 Å². The molecule has 8 rings (SSSR count). The lowest BCUT2D eigenvalue weighted by molar-refractivity contribution is -0.137. The van der Waals surface area contributed by atoms with Crippen molar-refractivity contribution in [3.8, 4) is 0 Å². The Morgan fingerprint density at radius 3 is 1.48 bits per heavy atom. The van der Waals surface area contributed by atoms with Crippen molar-refractivity contribution >= 4 is 13.6 Å². The summed E-state index contributed by atoms with van der Waals surface area (Å²) in [6.07, 6.45) is 32.1. The zero-order valence-electron chi connectivity index (χ0n) is 43.7. The van der Waals surface area contributed by atoms with Gasteiger partial charge in [-0.1, -0.05) is 131 Å². The molecular weight excluding hydrogens is 822 g/mol. The number of hydrogen-bond donors (Lipinski definition) is 1. The van der Waals surface area contributed by atoms with E-state index in [0.717, 1.165) is 110 Å². The second-order valence-corrected chi connectivity index (χ2v) is 28.6. The second-order valence-electron chi connectivity index (χ2n) is 26.7. The van der Waals surface area contributed by atoms with Gasteiger partial charge in [0.1, 0.15) is 6.29 Å². The Kier molecular flexibility index (Phi) is 15.3. The summed E-state index contributed by atoms with van der Waals surface area (Å²) in [5.41, 5.74) is 4.37. The van der Waals surface area contributed by atoms with Gasteiger partial charge in [0.15, 0.2) is 0 Å². The molecule has 0 radical (unpaired) electrons. The third-order valence-electron chi connectivity index (χ3n) is 22.0. The van der Waals surface area contributed by atoms with Gasteiger partial charge in [0.05, 0.1) is 18.8 Å². The molecule has 0 amide bonds. The van der Waals surface area contributed by atoms with Crippen molar-refractivity contribution in [2.45, 2.75) is 223 Å². The summed E-state index contributed by atoms with van der Waals surface area (Å²) in [7, 11) is -1.91. The molecule has 6 saturated carbocycles. The summed E-state index contributed by atoms with van der Waals surface area (Å²) in [5.74, 6) is 8.70. The van der Waals surface area contributed by atoms with Crippen molar-refractivity contribution in [1.82, 2.24) is 4.90 Å². The van der Waals surface area contributed by atoms with Crippen molar-refractivity contribution in [2.24, 2.45) is 92.7 Å². The summed E-state index contributed by atoms with van der Waals surface area (Å²) < 4.78 is 28.9. The fourth-order valence-corrected chi connectivity index (χ4v) is 20.7. The van der Waals surface area contributed by atoms with E-state index >= 15 is 4.57 Å². The molecule has 7 heteroatoms. The van der Waals surface area contributed by atoms with E-state index in [0.29, 0.717) is 10.8 Å². The molecule has 0 aromatic heterocycles. The molecule has 0 aromatic rings. The maximum atomic E-state index is 15.2. The molecule has 65 heavy (non-hydrogen) atoms. The van der Waals surface area contributed by atoms with Crippen molar-refractivity contribution in [3.63, 3.8) is 0 Å². The first-order valence-corrected chi connectivity index (χ1v) is 29.7. The maximum Gasteiger partial charge on any atom is 0.345 e. The molecule has 8 aliphatic carbocycles. The maximum absolute atomic E-state index is 15.2. The van der Waals surface area contributed by atoms with Crippen LogP contribution in [0, 0.1) is 92.7 Å². The zero-order chi connectivity index (χ0) is 46.7. The van der Waals surface area contributed by atoms with Crippen LogP contribution in [0.15, 0.2) is 23.3 Å². The van der Waals surface area contributed by atoms with Crippen LogP contribution in [-0.4, -0.2) is 48.1 Å². The Bertz CT molecular complexity index is 1680. The molecule has 0 aromatic carbocycles. The highest BCUT2D eigenvalue weighted by Gasteiger charge is 2.61. The molecule has 8 aliphatic rings. The van der Waals surface area contributed by atoms with Gasteiger partial charge in [-0.25, -0.2) is 0 Å². The van der Waals surface area contributed by atoms with Crippen molar-refractivity contribution < 1.29 is 23.5 Å². The number of carboxylic acids is 1. The molecule has 0 spiro atoms. The van der Waals surface area contributed by atoms with E-state index < -0.39 is 13.6 Å². The lowest BCUT2D eigenvalue weighted by atomic mass is 9.47. The highest BCUT2D eigenvalue weighted by molar-refractivity contribution is 7.53. The van der Waals surface area contributed by atoms with Gasteiger partial charge in [0.2, 0.25) is 0 Å². The molecule has 0 bridgehead atoms. The van der Waals surface area contributed by atoms with E-state index in [9.17, 15) is 9.90 Å². The summed E-state index contributed by atoms with van der Waals surface area (Å²) in [5, 5.41) is 9.73. The summed E-state index contributed by atoms with van der Waals surface area (Å²) in [4.78, 5) is 13.5. The number of aliphatic carboxylic acids is 1. The fraction of sp³-hybridized carbons (Fsp3) is 0.914. The van der Waals surface area contributed by atoms with Gasteiger partial charge in [-0.3, -0.25) is 14.3 Å². The molecule has 0 heterocycles. The average molecular weight is 920 g/mol. The van der Waals surface area contributed by atoms with Gasteiger partial charge in [0, 0.05) is 0 Å². The molecule has 370 valence electrons. The monoisotopic (exact) mass is 920 g/mol. The average Bonchev–Trinajstić information content (AvgIpc) is 3.77. The highest BCUT2D eigenvalue weighted by atomic mass is 31.2. The van der Waals surface area contributed by atoms with Crippen molar-refractivity contribution in [1.29, 1.82) is 0 Å². The van der Waals surface area contributed by atoms with Crippen LogP contribution in [0.2, 0.25) is 0 Å². The van der Waals surface area contributed by atoms with Crippen LogP contribution in [0.25, 0.3) is 0 Å². The minimum atomic E-state index is -3.67. The van der Waals surface area contributed by atoms with E-state index in [1.165, 1.54) is 114 Å². The molecular formula is C58H98NO5P. The predicted molar refractivity (Wildman–Crippen MR) is 269 cm³/mol. The van der Waals surface area contributed by atoms with Crippen LogP contribution < -0.4 is 0 Å². The lowest BCUT2D eigenvalue weighted by Crippen LogP contribution is -2.51. The summed E-state index contributed by atoms with van der Waals surface area (Å²) >= 11 is 0. The predicted octanol–water partition coefficient (Wildman–Crippen LogP) is 16.0. The van der Waals surface area contributed by atoms with Crippen LogP contribution in [0.1, 0.15) is 210 Å². The first-order valence-electron chi connectivity index (χ1n) is 27.9. The first-order chi connectivity index (χ1) is 30.7. The number of hydrogen-bond acceptors (Lipinski definition) is 5. The summed E-state index contributed by atoms with van der Waals surface area (Å²) in [6.45, 7) is 25.0. The summed E-state index contributed by atoms with van der Waals surface area (Å²) in [6, 6.07) is 0. The van der Waals surface area contributed by atoms with E-state index in [-0.39, 0.29) is 35.9 Å². The number of carbonyl (C=O) groups is 1. The van der Waals surface area contributed by atoms with Crippen LogP contribution >= 0.6 is 7.60 Å². The number of carboxylic acid groups (broad SMARTS) is 1. The van der Waals surface area contributed by atoms with Crippen LogP contribution in [0.4, 0.5) is 0 Å². The third-order valence-corrected chi connectivity index (χ3v) is 24.0. The normalized spacial score (nSPS) is 43.0. The topological polar surface area (TPSA) is 76.1 Å². The molecule has 0 saturated heterocycles. The number of fused-ring (bicyclic) bond motifs is 10. The fourth-order valence-electron chi connectivity index (χ4n) is 18.6. The Hall–Kier alpha value is -0.940. The minimum Gasteiger partial charge on any atom is -0.480 e. The van der Waals surface area contributed by atoms with Crippen LogP contribution in [-0.2, 0) is 18.4 Å². The molecule has 6 nitrogen and oxygen atoms in total. The molecule has 16 atom stereocenters. The number of rotatable bonds is 18. The highest BCUT2D eigenvalue weighted by Crippen LogP contribution is 2.70. The van der Waals surface area contributed by atoms with Gasteiger partial charge in [-0.2, -0.15) is 0 Å². The first kappa shape index (κ1) is 50.4.